The van der Waals surface area contributed by atoms with Gasteiger partial charge in [0.25, 0.3) is 0 Å². The van der Waals surface area contributed by atoms with Crippen LogP contribution in [-0.4, -0.2) is 7.69 Å². The van der Waals surface area contributed by atoms with E-state index in [0.29, 0.717) is 31.6 Å². The monoisotopic (exact) mass is 334 g/mol. The van der Waals surface area contributed by atoms with Crippen LogP contribution < -0.4 is 9.31 Å². The maximum absolute atomic E-state index is 5.95. The van der Waals surface area contributed by atoms with Gasteiger partial charge in [0.2, 0.25) is 0 Å². The van der Waals surface area contributed by atoms with Gasteiger partial charge in [-0.2, -0.15) is 0 Å². The highest BCUT2D eigenvalue weighted by Gasteiger charge is 2.07. The number of rotatable bonds is 4. The molecule has 0 N–H and O–H groups in total. The van der Waals surface area contributed by atoms with Crippen LogP contribution in [0.5, 0.6) is 11.5 Å². The van der Waals surface area contributed by atoms with Crippen LogP contribution >= 0.6 is 46.4 Å². The van der Waals surface area contributed by atoms with Gasteiger partial charge in [-0.15, -0.1) is 0 Å². The smallest absolute Gasteiger partial charge is 0.527 e. The third kappa shape index (κ3) is 4.12. The Kier molecular flexibility index (Phi) is 5.11. The third-order valence-electron chi connectivity index (χ3n) is 2.22. The molecular formula is C12H7BCl4O2. The number of halogens is 4. The normalized spacial score (nSPS) is 10.1. The molecule has 19 heavy (non-hydrogen) atoms. The van der Waals surface area contributed by atoms with Crippen LogP contribution in [0.15, 0.2) is 36.4 Å². The van der Waals surface area contributed by atoms with Crippen molar-refractivity contribution in [3.8, 4) is 11.5 Å². The Hall–Kier alpha value is -0.735. The van der Waals surface area contributed by atoms with Crippen LogP contribution in [0.2, 0.25) is 20.1 Å². The van der Waals surface area contributed by atoms with Gasteiger partial charge < -0.3 is 9.31 Å². The Morgan fingerprint density at radius 3 is 1.53 bits per heavy atom. The molecule has 98 valence electrons. The average molecular weight is 336 g/mol. The molecule has 2 aromatic carbocycles. The zero-order valence-electron chi connectivity index (χ0n) is 9.50. The first kappa shape index (κ1) is 14.7. The van der Waals surface area contributed by atoms with Crippen molar-refractivity contribution in [2.24, 2.45) is 0 Å². The van der Waals surface area contributed by atoms with E-state index in [-0.39, 0.29) is 7.69 Å². The first-order chi connectivity index (χ1) is 9.06. The Morgan fingerprint density at radius 2 is 1.11 bits per heavy atom. The largest absolute Gasteiger partial charge is 0.576 e. The van der Waals surface area contributed by atoms with E-state index in [4.69, 9.17) is 55.7 Å². The summed E-state index contributed by atoms with van der Waals surface area (Å²) in [6.45, 7) is 0. The van der Waals surface area contributed by atoms with Gasteiger partial charge in [0, 0.05) is 10.0 Å². The minimum Gasteiger partial charge on any atom is -0.527 e. The summed E-state index contributed by atoms with van der Waals surface area (Å²) in [5.41, 5.74) is 0. The molecule has 0 radical (unpaired) electrons. The van der Waals surface area contributed by atoms with Gasteiger partial charge in [0.15, 0.2) is 0 Å². The van der Waals surface area contributed by atoms with Crippen molar-refractivity contribution in [2.45, 2.75) is 0 Å². The predicted molar refractivity (Wildman–Crippen MR) is 81.3 cm³/mol. The summed E-state index contributed by atoms with van der Waals surface area (Å²) in [4.78, 5) is 0. The molecule has 0 fully saturated rings. The molecule has 0 unspecified atom stereocenters. The molecule has 2 nitrogen and oxygen atoms in total. The molecule has 2 rings (SSSR count). The third-order valence-corrected chi connectivity index (χ3v) is 3.31. The highest BCUT2D eigenvalue weighted by Crippen LogP contribution is 2.29. The summed E-state index contributed by atoms with van der Waals surface area (Å²) in [6, 6.07) is 9.84. The van der Waals surface area contributed by atoms with Gasteiger partial charge in [0.1, 0.15) is 11.5 Å². The quantitative estimate of drug-likeness (QED) is 0.730. The van der Waals surface area contributed by atoms with Crippen LogP contribution in [0.3, 0.4) is 0 Å². The van der Waals surface area contributed by atoms with E-state index in [1.165, 1.54) is 0 Å². The van der Waals surface area contributed by atoms with E-state index in [1.807, 2.05) is 0 Å². The fraction of sp³-hybridized carbons (Fsp3) is 0. The summed E-state index contributed by atoms with van der Waals surface area (Å²) in [5, 5.41) is 1.95. The summed E-state index contributed by atoms with van der Waals surface area (Å²) < 4.78 is 10.8. The highest BCUT2D eigenvalue weighted by molar-refractivity contribution is 6.36. The maximum Gasteiger partial charge on any atom is 0.576 e. The van der Waals surface area contributed by atoms with Gasteiger partial charge in [-0.25, -0.2) is 0 Å². The molecule has 0 aliphatic rings. The molecule has 0 atom stereocenters. The second kappa shape index (κ2) is 6.62. The van der Waals surface area contributed by atoms with Gasteiger partial charge in [-0.3, -0.25) is 0 Å². The molecule has 0 heterocycles. The number of hydrogen-bond acceptors (Lipinski definition) is 2. The molecule has 2 aromatic rings. The van der Waals surface area contributed by atoms with Gasteiger partial charge in [-0.05, 0) is 36.4 Å². The molecule has 0 bridgehead atoms. The van der Waals surface area contributed by atoms with Crippen molar-refractivity contribution in [2.75, 3.05) is 0 Å². The van der Waals surface area contributed by atoms with Crippen molar-refractivity contribution in [1.29, 1.82) is 0 Å². The van der Waals surface area contributed by atoms with Crippen molar-refractivity contribution < 1.29 is 9.31 Å². The van der Waals surface area contributed by atoms with Crippen LogP contribution in [0.25, 0.3) is 0 Å². The molecule has 0 aromatic heterocycles. The van der Waals surface area contributed by atoms with Crippen molar-refractivity contribution >= 4 is 54.1 Å². The fourth-order valence-electron chi connectivity index (χ4n) is 1.33. The molecule has 0 saturated carbocycles. The summed E-state index contributed by atoms with van der Waals surface area (Å²) in [7, 11) is -0.0554. The Labute approximate surface area is 131 Å². The maximum atomic E-state index is 5.95. The van der Waals surface area contributed by atoms with E-state index in [1.54, 1.807) is 36.4 Å². The van der Waals surface area contributed by atoms with E-state index in [2.05, 4.69) is 0 Å². The van der Waals surface area contributed by atoms with Crippen molar-refractivity contribution in [3.05, 3.63) is 56.5 Å². The van der Waals surface area contributed by atoms with E-state index < -0.39 is 0 Å². The number of hydrogen-bond donors (Lipinski definition) is 0. The molecule has 0 amide bonds. The second-order valence-electron chi connectivity index (χ2n) is 3.56. The second-order valence-corrected chi connectivity index (χ2v) is 5.24. The fourth-order valence-corrected chi connectivity index (χ4v) is 2.00. The van der Waals surface area contributed by atoms with Gasteiger partial charge in [0.05, 0.1) is 10.0 Å². The zero-order chi connectivity index (χ0) is 13.8. The summed E-state index contributed by atoms with van der Waals surface area (Å²) >= 11 is 23.6. The number of benzene rings is 2. The SMILES string of the molecule is Clc1ccc(Cl)c(OBOc2cc(Cl)ccc2Cl)c1. The minimum absolute atomic E-state index is 0.0554. The molecule has 0 spiro atoms. The zero-order valence-corrected chi connectivity index (χ0v) is 12.5. The minimum atomic E-state index is -0.0554. The predicted octanol–water partition coefficient (Wildman–Crippen LogP) is 5.02. The molecular weight excluding hydrogens is 329 g/mol. The Bertz CT molecular complexity index is 540. The first-order valence-electron chi connectivity index (χ1n) is 5.22. The van der Waals surface area contributed by atoms with Crippen molar-refractivity contribution in [1.82, 2.24) is 0 Å². The van der Waals surface area contributed by atoms with E-state index in [0.717, 1.165) is 0 Å². The van der Waals surface area contributed by atoms with Gasteiger partial charge in [-0.1, -0.05) is 46.4 Å². The highest BCUT2D eigenvalue weighted by atomic mass is 35.5. The lowest BCUT2D eigenvalue weighted by atomic mass is 10.3. The molecule has 0 saturated heterocycles. The lowest BCUT2D eigenvalue weighted by Gasteiger charge is -2.10. The molecule has 0 aliphatic carbocycles. The molecule has 7 heteroatoms. The first-order valence-corrected chi connectivity index (χ1v) is 6.73. The summed E-state index contributed by atoms with van der Waals surface area (Å²) in [6.07, 6.45) is 0. The lowest BCUT2D eigenvalue weighted by Crippen LogP contribution is -2.11. The lowest BCUT2D eigenvalue weighted by molar-refractivity contribution is 0.459. The Morgan fingerprint density at radius 1 is 0.684 bits per heavy atom. The molecule has 0 aliphatic heterocycles. The topological polar surface area (TPSA) is 18.5 Å². The van der Waals surface area contributed by atoms with E-state index in [9.17, 15) is 0 Å². The van der Waals surface area contributed by atoms with Crippen LogP contribution in [0.1, 0.15) is 0 Å². The van der Waals surface area contributed by atoms with Crippen molar-refractivity contribution in [3.63, 3.8) is 0 Å². The van der Waals surface area contributed by atoms with Gasteiger partial charge >= 0.3 is 7.69 Å². The van der Waals surface area contributed by atoms with Crippen LogP contribution in [0.4, 0.5) is 0 Å². The summed E-state index contributed by atoms with van der Waals surface area (Å²) in [5.74, 6) is 0.875. The van der Waals surface area contributed by atoms with E-state index >= 15 is 0 Å². The average Bonchev–Trinajstić information content (AvgIpc) is 2.38. The standard InChI is InChI=1S/C12H7BCl4O2/c14-7-1-3-9(16)11(5-7)18-13-19-12-6-8(15)2-4-10(12)17/h1-6,13H. The Balaban J connectivity index is 2.00. The van der Waals surface area contributed by atoms with Crippen LogP contribution in [-0.2, 0) is 0 Å². The van der Waals surface area contributed by atoms with Crippen LogP contribution in [0, 0.1) is 0 Å².